The molecule has 0 saturated carbocycles. The van der Waals surface area contributed by atoms with Gasteiger partial charge < -0.3 is 30.3 Å². The van der Waals surface area contributed by atoms with Crippen LogP contribution in [0.15, 0.2) is 11.8 Å². The van der Waals surface area contributed by atoms with Crippen molar-refractivity contribution in [2.75, 3.05) is 0 Å². The van der Waals surface area contributed by atoms with E-state index in [0.717, 1.165) is 6.08 Å². The maximum Gasteiger partial charge on any atom is 0.184 e. The third-order valence-corrected chi connectivity index (χ3v) is 2.23. The molecule has 15 heavy (non-hydrogen) atoms. The van der Waals surface area contributed by atoms with Crippen molar-refractivity contribution in [3.63, 3.8) is 0 Å². The first-order chi connectivity index (χ1) is 7.34. The molecule has 0 aromatic rings. The van der Waals surface area contributed by atoms with Gasteiger partial charge in [0, 0.05) is 1.37 Å². The number of ether oxygens (including phenoxy) is 1. The Morgan fingerprint density at radius 1 is 1.47 bits per heavy atom. The summed E-state index contributed by atoms with van der Waals surface area (Å²) >= 11 is 0. The molecule has 6 nitrogen and oxygen atoms in total. The van der Waals surface area contributed by atoms with Crippen molar-refractivity contribution in [3.05, 3.63) is 11.8 Å². The van der Waals surface area contributed by atoms with Crippen LogP contribution in [-0.4, -0.2) is 56.2 Å². The van der Waals surface area contributed by atoms with Crippen LogP contribution in [0.2, 0.25) is 0 Å². The standard InChI is InChI=1S/C9H16O6/c1-2-3-4(10)5(11)8-6(12)7(13)9(14)15-8/h3,5-14H,2H2,1H3/t5-,6+,7-,8-,9?/m1/s1/i2D/t2?,5-,6+,7-,8-,9?. The van der Waals surface area contributed by atoms with Gasteiger partial charge in [0.15, 0.2) is 6.29 Å². The molecule has 2 unspecified atom stereocenters. The highest BCUT2D eigenvalue weighted by atomic mass is 16.6. The van der Waals surface area contributed by atoms with Crippen molar-refractivity contribution in [1.29, 1.82) is 0 Å². The second-order valence-corrected chi connectivity index (χ2v) is 3.34. The summed E-state index contributed by atoms with van der Waals surface area (Å²) in [6, 6.07) is 0. The van der Waals surface area contributed by atoms with E-state index in [-0.39, 0.29) is 0 Å². The van der Waals surface area contributed by atoms with Crippen LogP contribution >= 0.6 is 0 Å². The predicted octanol–water partition coefficient (Wildman–Crippen LogP) is -1.36. The minimum Gasteiger partial charge on any atom is -0.510 e. The van der Waals surface area contributed by atoms with Crippen molar-refractivity contribution >= 4 is 0 Å². The normalized spacial score (nSPS) is 42.5. The van der Waals surface area contributed by atoms with E-state index in [1.54, 1.807) is 0 Å². The molecule has 0 aromatic carbocycles. The van der Waals surface area contributed by atoms with E-state index >= 15 is 0 Å². The van der Waals surface area contributed by atoms with Crippen molar-refractivity contribution in [2.45, 2.75) is 44.0 Å². The first-order valence-electron chi connectivity index (χ1n) is 5.13. The molecule has 0 radical (unpaired) electrons. The first-order valence-corrected chi connectivity index (χ1v) is 4.55. The lowest BCUT2D eigenvalue weighted by Crippen LogP contribution is -2.39. The molecule has 6 atom stereocenters. The van der Waals surface area contributed by atoms with Gasteiger partial charge in [-0.2, -0.15) is 0 Å². The van der Waals surface area contributed by atoms with Gasteiger partial charge in [0.2, 0.25) is 0 Å². The smallest absolute Gasteiger partial charge is 0.184 e. The molecule has 0 bridgehead atoms. The van der Waals surface area contributed by atoms with Crippen LogP contribution in [0, 0.1) is 0 Å². The summed E-state index contributed by atoms with van der Waals surface area (Å²) in [5, 5.41) is 46.6. The topological polar surface area (TPSA) is 110 Å². The van der Waals surface area contributed by atoms with E-state index in [9.17, 15) is 20.4 Å². The van der Waals surface area contributed by atoms with E-state index < -0.39 is 42.9 Å². The molecule has 0 spiro atoms. The van der Waals surface area contributed by atoms with Crippen LogP contribution in [0.3, 0.4) is 0 Å². The first kappa shape index (κ1) is 10.8. The van der Waals surface area contributed by atoms with Gasteiger partial charge >= 0.3 is 0 Å². The Labute approximate surface area is 88.5 Å². The van der Waals surface area contributed by atoms with Crippen LogP contribution in [0.25, 0.3) is 0 Å². The molecule has 0 aromatic heterocycles. The third-order valence-electron chi connectivity index (χ3n) is 2.23. The maximum absolute atomic E-state index is 9.56. The molecule has 1 saturated heterocycles. The summed E-state index contributed by atoms with van der Waals surface area (Å²) in [6.45, 7) is 1.47. The van der Waals surface area contributed by atoms with Crippen LogP contribution in [0.4, 0.5) is 0 Å². The summed E-state index contributed by atoms with van der Waals surface area (Å²) in [5.41, 5.74) is 0. The number of aliphatic hydroxyl groups is 5. The van der Waals surface area contributed by atoms with Gasteiger partial charge in [-0.15, -0.1) is 0 Å². The van der Waals surface area contributed by atoms with Crippen LogP contribution in [0.5, 0.6) is 0 Å². The Bertz CT molecular complexity index is 269. The molecule has 1 heterocycles. The molecule has 1 aliphatic rings. The second kappa shape index (κ2) is 4.91. The summed E-state index contributed by atoms with van der Waals surface area (Å²) in [4.78, 5) is 0. The fourth-order valence-electron chi connectivity index (χ4n) is 1.38. The minimum atomic E-state index is -1.60. The Balaban J connectivity index is 2.72. The quantitative estimate of drug-likeness (QED) is 0.376. The highest BCUT2D eigenvalue weighted by molar-refractivity contribution is 5.05. The summed E-state index contributed by atoms with van der Waals surface area (Å²) in [6.07, 6.45) is -7.20. The summed E-state index contributed by atoms with van der Waals surface area (Å²) in [5.74, 6) is -0.534. The van der Waals surface area contributed by atoms with Crippen LogP contribution in [0.1, 0.15) is 14.7 Å². The van der Waals surface area contributed by atoms with E-state index in [4.69, 9.17) is 11.2 Å². The zero-order chi connectivity index (χ0) is 12.5. The lowest BCUT2D eigenvalue weighted by Gasteiger charge is -2.20. The van der Waals surface area contributed by atoms with Gasteiger partial charge in [-0.25, -0.2) is 0 Å². The van der Waals surface area contributed by atoms with E-state index in [0.29, 0.717) is 0 Å². The number of aliphatic hydroxyl groups excluding tert-OH is 5. The Hall–Kier alpha value is -0.660. The summed E-state index contributed by atoms with van der Waals surface area (Å²) < 4.78 is 11.8. The van der Waals surface area contributed by atoms with Crippen LogP contribution in [-0.2, 0) is 4.74 Å². The predicted molar refractivity (Wildman–Crippen MR) is 49.9 cm³/mol. The van der Waals surface area contributed by atoms with Gasteiger partial charge in [-0.05, 0) is 12.5 Å². The zero-order valence-electron chi connectivity index (χ0n) is 9.19. The zero-order valence-corrected chi connectivity index (χ0v) is 8.19. The van der Waals surface area contributed by atoms with Crippen molar-refractivity contribution < 1.29 is 31.6 Å². The lowest BCUT2D eigenvalue weighted by atomic mass is 10.0. The number of allylic oxidation sites excluding steroid dienone is 1. The van der Waals surface area contributed by atoms with Crippen molar-refractivity contribution in [2.24, 2.45) is 0 Å². The SMILES string of the molecule is [2H]C(C)C=C(O)[C@@H](O)[C@H]1OC(O)[C@H](O)[C@@H]1O. The molecule has 1 aliphatic heterocycles. The second-order valence-electron chi connectivity index (χ2n) is 3.34. The molecule has 1 rings (SSSR count). The third kappa shape index (κ3) is 2.47. The van der Waals surface area contributed by atoms with E-state index in [1.807, 2.05) is 0 Å². The monoisotopic (exact) mass is 221 g/mol. The highest BCUT2D eigenvalue weighted by Crippen LogP contribution is 2.24. The molecule has 88 valence electrons. The van der Waals surface area contributed by atoms with Crippen molar-refractivity contribution in [3.8, 4) is 0 Å². The minimum absolute atomic E-state index is 0.534. The molecule has 5 N–H and O–H groups in total. The van der Waals surface area contributed by atoms with Gasteiger partial charge in [0.25, 0.3) is 0 Å². The van der Waals surface area contributed by atoms with Gasteiger partial charge in [0.1, 0.15) is 30.2 Å². The Morgan fingerprint density at radius 3 is 2.47 bits per heavy atom. The van der Waals surface area contributed by atoms with Crippen LogP contribution < -0.4 is 0 Å². The van der Waals surface area contributed by atoms with Crippen molar-refractivity contribution in [1.82, 2.24) is 0 Å². The fraction of sp³-hybridized carbons (Fsp3) is 0.778. The van der Waals surface area contributed by atoms with Gasteiger partial charge in [-0.1, -0.05) is 6.92 Å². The molecular weight excluding hydrogens is 204 g/mol. The Morgan fingerprint density at radius 2 is 2.07 bits per heavy atom. The molecular formula is C9H16O6. The largest absolute Gasteiger partial charge is 0.510 e. The van der Waals surface area contributed by atoms with E-state index in [2.05, 4.69) is 0 Å². The van der Waals surface area contributed by atoms with Gasteiger partial charge in [0.05, 0.1) is 0 Å². The lowest BCUT2D eigenvalue weighted by molar-refractivity contribution is -0.144. The molecule has 6 heteroatoms. The van der Waals surface area contributed by atoms with E-state index in [1.165, 1.54) is 6.92 Å². The fourth-order valence-corrected chi connectivity index (χ4v) is 1.38. The average molecular weight is 221 g/mol. The summed E-state index contributed by atoms with van der Waals surface area (Å²) in [7, 11) is 0. The molecule has 1 fully saturated rings. The number of rotatable bonds is 3. The average Bonchev–Trinajstić information content (AvgIpc) is 2.44. The maximum atomic E-state index is 9.56. The Kier molecular flexibility index (Phi) is 3.55. The highest BCUT2D eigenvalue weighted by Gasteiger charge is 2.46. The van der Waals surface area contributed by atoms with Gasteiger partial charge in [-0.3, -0.25) is 0 Å². The number of hydrogen-bond donors (Lipinski definition) is 5. The number of hydrogen-bond acceptors (Lipinski definition) is 6. The molecule has 0 amide bonds. The molecule has 0 aliphatic carbocycles.